The maximum absolute atomic E-state index is 14.2. The number of alkyl carbamates (subject to hydrolysis) is 1. The van der Waals surface area contributed by atoms with E-state index in [0.29, 0.717) is 11.8 Å². The summed E-state index contributed by atoms with van der Waals surface area (Å²) < 4.78 is 6.13. The summed E-state index contributed by atoms with van der Waals surface area (Å²) in [5.41, 5.74) is 1.10. The first kappa shape index (κ1) is 30.7. The van der Waals surface area contributed by atoms with Gasteiger partial charge in [0.15, 0.2) is 0 Å². The Balaban J connectivity index is 1.23. The van der Waals surface area contributed by atoms with Gasteiger partial charge in [0, 0.05) is 36.5 Å². The van der Waals surface area contributed by atoms with Crippen molar-refractivity contribution < 1.29 is 29.0 Å². The number of aromatic amines is 1. The van der Waals surface area contributed by atoms with Crippen molar-refractivity contribution in [2.45, 2.75) is 76.0 Å². The summed E-state index contributed by atoms with van der Waals surface area (Å²) in [5.74, 6) is 0.124. The number of carboxylic acids is 1. The molecule has 10 nitrogen and oxygen atoms in total. The summed E-state index contributed by atoms with van der Waals surface area (Å²) in [7, 11) is 0. The number of aliphatic carboxylic acids is 1. The third-order valence-electron chi connectivity index (χ3n) is 10.0. The molecule has 0 saturated heterocycles. The molecular formula is C35H42N4O6. The summed E-state index contributed by atoms with van der Waals surface area (Å²) >= 11 is 0. The van der Waals surface area contributed by atoms with Crippen molar-refractivity contribution in [3.63, 3.8) is 0 Å². The number of hydrogen-bond acceptors (Lipinski definition) is 5. The van der Waals surface area contributed by atoms with Gasteiger partial charge in [-0.1, -0.05) is 48.5 Å². The minimum absolute atomic E-state index is 0.0715. The number of carboxylic acid groups (broad SMARTS) is 1. The number of ether oxygens (including phenoxy) is 1. The minimum Gasteiger partial charge on any atom is -0.481 e. The van der Waals surface area contributed by atoms with Gasteiger partial charge in [0.2, 0.25) is 11.8 Å². The van der Waals surface area contributed by atoms with Gasteiger partial charge >= 0.3 is 12.1 Å². The van der Waals surface area contributed by atoms with Crippen molar-refractivity contribution in [1.82, 2.24) is 20.9 Å². The van der Waals surface area contributed by atoms with E-state index in [-0.39, 0.29) is 31.9 Å². The van der Waals surface area contributed by atoms with E-state index in [1.54, 1.807) is 6.92 Å². The Labute approximate surface area is 262 Å². The molecule has 3 aromatic rings. The Morgan fingerprint density at radius 2 is 1.62 bits per heavy atom. The van der Waals surface area contributed by atoms with E-state index in [4.69, 9.17) is 9.84 Å². The van der Waals surface area contributed by atoms with Crippen LogP contribution in [0, 0.1) is 23.7 Å². The molecule has 4 fully saturated rings. The topological polar surface area (TPSA) is 150 Å². The first-order valence-corrected chi connectivity index (χ1v) is 16.0. The van der Waals surface area contributed by atoms with Gasteiger partial charge in [-0.2, -0.15) is 0 Å². The smallest absolute Gasteiger partial charge is 0.408 e. The van der Waals surface area contributed by atoms with E-state index in [0.717, 1.165) is 59.5 Å². The highest BCUT2D eigenvalue weighted by molar-refractivity contribution is 5.95. The molecule has 238 valence electrons. The zero-order valence-corrected chi connectivity index (χ0v) is 25.6. The van der Waals surface area contributed by atoms with Crippen molar-refractivity contribution >= 4 is 34.8 Å². The molecule has 0 aliphatic heterocycles. The van der Waals surface area contributed by atoms with E-state index in [1.807, 2.05) is 60.8 Å². The molecule has 2 aromatic carbocycles. The summed E-state index contributed by atoms with van der Waals surface area (Å²) in [4.78, 5) is 55.4. The number of carbonyl (C=O) groups is 4. The van der Waals surface area contributed by atoms with Crippen LogP contribution >= 0.6 is 0 Å². The second kappa shape index (κ2) is 12.9. The molecule has 4 bridgehead atoms. The number of amides is 3. The van der Waals surface area contributed by atoms with E-state index in [9.17, 15) is 19.2 Å². The van der Waals surface area contributed by atoms with Gasteiger partial charge in [0.1, 0.15) is 17.7 Å². The molecule has 1 heterocycles. The van der Waals surface area contributed by atoms with Crippen LogP contribution in [0.15, 0.2) is 60.8 Å². The van der Waals surface area contributed by atoms with Crippen molar-refractivity contribution in [2.75, 3.05) is 6.54 Å². The summed E-state index contributed by atoms with van der Waals surface area (Å²) in [6, 6.07) is 16.0. The fourth-order valence-corrected chi connectivity index (χ4v) is 8.08. The lowest BCUT2D eigenvalue weighted by Gasteiger charge is -2.53. The van der Waals surface area contributed by atoms with Crippen molar-refractivity contribution in [3.05, 3.63) is 71.9 Å². The number of rotatable bonds is 12. The number of nitrogens with one attached hydrogen (secondary N) is 4. The van der Waals surface area contributed by atoms with Crippen molar-refractivity contribution in [2.24, 2.45) is 23.7 Å². The van der Waals surface area contributed by atoms with Crippen LogP contribution in [-0.4, -0.2) is 58.2 Å². The first-order chi connectivity index (χ1) is 21.7. The van der Waals surface area contributed by atoms with Crippen LogP contribution in [0.5, 0.6) is 0 Å². The third-order valence-corrected chi connectivity index (χ3v) is 10.0. The highest BCUT2D eigenvalue weighted by Gasteiger charge is 2.50. The van der Waals surface area contributed by atoms with E-state index < -0.39 is 35.5 Å². The molecule has 4 saturated carbocycles. The number of para-hydroxylation sites is 1. The van der Waals surface area contributed by atoms with Gasteiger partial charge in [-0.3, -0.25) is 14.4 Å². The number of fused-ring (bicyclic) bond motifs is 1. The quantitative estimate of drug-likeness (QED) is 0.205. The second-order valence-electron chi connectivity index (χ2n) is 13.4. The second-order valence-corrected chi connectivity index (χ2v) is 13.4. The zero-order valence-electron chi connectivity index (χ0n) is 25.6. The number of hydrogen-bond donors (Lipinski definition) is 5. The van der Waals surface area contributed by atoms with E-state index in [2.05, 4.69) is 20.9 Å². The van der Waals surface area contributed by atoms with E-state index in [1.165, 1.54) is 6.42 Å². The molecule has 10 heteroatoms. The fourth-order valence-electron chi connectivity index (χ4n) is 8.08. The monoisotopic (exact) mass is 614 g/mol. The number of carbonyl (C=O) groups excluding carboxylic acids is 3. The molecule has 2 atom stereocenters. The molecule has 7 rings (SSSR count). The summed E-state index contributed by atoms with van der Waals surface area (Å²) in [6.45, 7) is 1.59. The average Bonchev–Trinajstić information content (AvgIpc) is 3.40. The lowest BCUT2D eigenvalue weighted by atomic mass is 9.55. The van der Waals surface area contributed by atoms with Crippen LogP contribution in [0.2, 0.25) is 0 Å². The molecule has 0 radical (unpaired) electrons. The fraction of sp³-hybridized carbons (Fsp3) is 0.486. The number of aromatic nitrogens is 1. The number of H-pyrrole nitrogens is 1. The maximum Gasteiger partial charge on any atom is 0.408 e. The molecule has 3 amide bonds. The lowest BCUT2D eigenvalue weighted by Crippen LogP contribution is -2.62. The standard InChI is InChI=1S/C35H42N4O6/c1-35(19-26-20-37-28-10-6-5-9-27(26)28,39-34(44)45-31-24-14-22-13-23(16-24)17-25(31)15-22)33(43)38-29(18-21-7-3-2-4-8-21)32(42)36-12-11-30(40)41/h2-10,20,22-25,29,31,37H,11-19H2,1H3,(H,36,42)(H,38,43)(H,39,44)(H,40,41)/t22?,23?,24?,25?,29-,31?,35+/m0/s1. The van der Waals surface area contributed by atoms with Crippen LogP contribution in [0.3, 0.4) is 0 Å². The first-order valence-electron chi connectivity index (χ1n) is 16.0. The Kier molecular flexibility index (Phi) is 8.83. The predicted octanol–water partition coefficient (Wildman–Crippen LogP) is 4.34. The van der Waals surface area contributed by atoms with Gasteiger partial charge in [0.25, 0.3) is 0 Å². The molecule has 45 heavy (non-hydrogen) atoms. The molecule has 1 aromatic heterocycles. The summed E-state index contributed by atoms with van der Waals surface area (Å²) in [5, 5.41) is 18.4. The van der Waals surface area contributed by atoms with Gasteiger partial charge in [-0.15, -0.1) is 0 Å². The minimum atomic E-state index is -1.47. The van der Waals surface area contributed by atoms with Crippen molar-refractivity contribution in [1.29, 1.82) is 0 Å². The van der Waals surface area contributed by atoms with Gasteiger partial charge in [-0.05, 0) is 79.9 Å². The van der Waals surface area contributed by atoms with Gasteiger partial charge in [-0.25, -0.2) is 4.79 Å². The normalized spacial score (nSPS) is 25.2. The SMILES string of the molecule is C[C@](Cc1c[nH]c2ccccc12)(NC(=O)OC1C2CC3CC(C2)CC1C3)C(=O)N[C@@H](Cc1ccccc1)C(=O)NCCC(=O)O. The molecule has 0 spiro atoms. The molecule has 4 aliphatic carbocycles. The van der Waals surface area contributed by atoms with Crippen LogP contribution < -0.4 is 16.0 Å². The predicted molar refractivity (Wildman–Crippen MR) is 168 cm³/mol. The van der Waals surface area contributed by atoms with Crippen molar-refractivity contribution in [3.8, 4) is 0 Å². The van der Waals surface area contributed by atoms with Crippen LogP contribution in [0.25, 0.3) is 10.9 Å². The van der Waals surface area contributed by atoms with E-state index >= 15 is 0 Å². The highest BCUT2D eigenvalue weighted by Crippen LogP contribution is 2.54. The van der Waals surface area contributed by atoms with Gasteiger partial charge < -0.3 is 30.8 Å². The molecule has 5 N–H and O–H groups in total. The third kappa shape index (κ3) is 7.00. The van der Waals surface area contributed by atoms with Crippen LogP contribution in [0.4, 0.5) is 4.79 Å². The average molecular weight is 615 g/mol. The Morgan fingerprint density at radius 3 is 2.31 bits per heavy atom. The maximum atomic E-state index is 14.2. The largest absolute Gasteiger partial charge is 0.481 e. The lowest BCUT2D eigenvalue weighted by molar-refractivity contribution is -0.137. The Hall–Kier alpha value is -4.34. The zero-order chi connectivity index (χ0) is 31.6. The number of benzene rings is 2. The van der Waals surface area contributed by atoms with Gasteiger partial charge in [0.05, 0.1) is 6.42 Å². The van der Waals surface area contributed by atoms with Crippen LogP contribution in [-0.2, 0) is 32.0 Å². The molecule has 0 unspecified atom stereocenters. The van der Waals surface area contributed by atoms with Crippen LogP contribution in [0.1, 0.15) is 56.6 Å². The molecule has 4 aliphatic rings. The Bertz CT molecular complexity index is 1530. The summed E-state index contributed by atoms with van der Waals surface area (Å²) in [6.07, 6.45) is 6.82. The molecular weight excluding hydrogens is 572 g/mol. The Morgan fingerprint density at radius 1 is 0.956 bits per heavy atom. The highest BCUT2D eigenvalue weighted by atomic mass is 16.6.